The molecule has 5 nitrogen and oxygen atoms in total. The zero-order valence-corrected chi connectivity index (χ0v) is 15.1. The van der Waals surface area contributed by atoms with Gasteiger partial charge in [0.15, 0.2) is 0 Å². The molecule has 6 heteroatoms. The van der Waals surface area contributed by atoms with Gasteiger partial charge in [0, 0.05) is 42.1 Å². The topological polar surface area (TPSA) is 48.6 Å². The third-order valence-electron chi connectivity index (χ3n) is 4.47. The Morgan fingerprint density at radius 2 is 2.25 bits per heavy atom. The molecule has 1 fully saturated rings. The van der Waals surface area contributed by atoms with Crippen molar-refractivity contribution >= 4 is 11.6 Å². The van der Waals surface area contributed by atoms with Crippen LogP contribution in [0, 0.1) is 0 Å². The fourth-order valence-corrected chi connectivity index (χ4v) is 3.24. The van der Waals surface area contributed by atoms with Crippen molar-refractivity contribution in [3.05, 3.63) is 46.7 Å². The highest BCUT2D eigenvalue weighted by Gasteiger charge is 2.30. The lowest BCUT2D eigenvalue weighted by Crippen LogP contribution is -2.36. The van der Waals surface area contributed by atoms with Gasteiger partial charge < -0.3 is 20.4 Å². The van der Waals surface area contributed by atoms with Gasteiger partial charge in [0.2, 0.25) is 0 Å². The molecule has 2 aliphatic rings. The molecule has 2 unspecified atom stereocenters. The zero-order valence-electron chi connectivity index (χ0n) is 14.4. The van der Waals surface area contributed by atoms with Gasteiger partial charge in [0.05, 0.1) is 7.11 Å². The van der Waals surface area contributed by atoms with E-state index < -0.39 is 0 Å². The molecule has 1 heterocycles. The van der Waals surface area contributed by atoms with Crippen LogP contribution < -0.4 is 16.1 Å². The minimum Gasteiger partial charge on any atom is -0.362 e. The smallest absolute Gasteiger partial charge is 0.125 e. The maximum atomic E-state index is 6.19. The molecule has 0 bridgehead atoms. The maximum Gasteiger partial charge on any atom is 0.125 e. The number of hydroxylamine groups is 1. The molecular weight excluding hydrogens is 324 g/mol. The lowest BCUT2D eigenvalue weighted by atomic mass is 10.1. The van der Waals surface area contributed by atoms with Crippen molar-refractivity contribution in [1.82, 2.24) is 21.0 Å². The van der Waals surface area contributed by atoms with Crippen LogP contribution in [0.5, 0.6) is 0 Å². The fourth-order valence-electron chi connectivity index (χ4n) is 3.04. The number of rotatable bonds is 9. The van der Waals surface area contributed by atoms with Crippen molar-refractivity contribution in [2.75, 3.05) is 20.2 Å². The Morgan fingerprint density at radius 3 is 2.96 bits per heavy atom. The molecule has 1 aromatic rings. The summed E-state index contributed by atoms with van der Waals surface area (Å²) in [5.41, 5.74) is 5.33. The number of nitrogens with zero attached hydrogens (tertiary/aromatic N) is 1. The van der Waals surface area contributed by atoms with Gasteiger partial charge in [-0.1, -0.05) is 23.7 Å². The first-order chi connectivity index (χ1) is 11.7. The van der Waals surface area contributed by atoms with Crippen LogP contribution in [0.3, 0.4) is 0 Å². The Bertz CT molecular complexity index is 576. The van der Waals surface area contributed by atoms with E-state index in [0.717, 1.165) is 24.5 Å². The molecule has 0 aromatic heterocycles. The van der Waals surface area contributed by atoms with Gasteiger partial charge in [0.1, 0.15) is 6.17 Å². The number of benzene rings is 1. The van der Waals surface area contributed by atoms with E-state index >= 15 is 0 Å². The summed E-state index contributed by atoms with van der Waals surface area (Å²) in [4.78, 5) is 7.27. The molecule has 0 amide bonds. The number of hydrogen-bond acceptors (Lipinski definition) is 5. The quantitative estimate of drug-likeness (QED) is 0.472. The highest BCUT2D eigenvalue weighted by Crippen LogP contribution is 2.29. The second-order valence-electron chi connectivity index (χ2n) is 6.54. The first kappa shape index (κ1) is 17.5. The molecule has 3 N–H and O–H groups in total. The molecule has 24 heavy (non-hydrogen) atoms. The molecular formula is C18H27ClN4O. The van der Waals surface area contributed by atoms with Gasteiger partial charge in [-0.05, 0) is 43.9 Å². The highest BCUT2D eigenvalue weighted by atomic mass is 35.5. The monoisotopic (exact) mass is 350 g/mol. The normalized spacial score (nSPS) is 21.5. The van der Waals surface area contributed by atoms with Crippen LogP contribution in [0.4, 0.5) is 0 Å². The molecule has 0 spiro atoms. The third-order valence-corrected chi connectivity index (χ3v) is 4.71. The number of nitrogens with one attached hydrogen (secondary N) is 3. The third kappa shape index (κ3) is 4.63. The molecule has 132 valence electrons. The van der Waals surface area contributed by atoms with Gasteiger partial charge in [0.25, 0.3) is 0 Å². The summed E-state index contributed by atoms with van der Waals surface area (Å²) in [5.74, 6) is 0. The van der Waals surface area contributed by atoms with Crippen LogP contribution >= 0.6 is 11.6 Å². The van der Waals surface area contributed by atoms with Crippen molar-refractivity contribution in [2.45, 2.75) is 44.4 Å². The second kappa shape index (κ2) is 8.21. The van der Waals surface area contributed by atoms with E-state index in [-0.39, 0.29) is 6.17 Å². The van der Waals surface area contributed by atoms with E-state index in [9.17, 15) is 0 Å². The van der Waals surface area contributed by atoms with Crippen molar-refractivity contribution in [3.63, 3.8) is 0 Å². The summed E-state index contributed by atoms with van der Waals surface area (Å²) in [6.07, 6.45) is 5.97. The van der Waals surface area contributed by atoms with E-state index in [1.165, 1.54) is 24.1 Å². The largest absolute Gasteiger partial charge is 0.362 e. The molecule has 1 aliphatic carbocycles. The highest BCUT2D eigenvalue weighted by molar-refractivity contribution is 6.30. The lowest BCUT2D eigenvalue weighted by molar-refractivity contribution is 0.0883. The van der Waals surface area contributed by atoms with E-state index in [1.54, 1.807) is 7.11 Å². The first-order valence-electron chi connectivity index (χ1n) is 8.68. The van der Waals surface area contributed by atoms with E-state index in [0.29, 0.717) is 12.1 Å². The SMILES string of the molecule is CONCCCN1C=C(C(C)NC2CC2)NC1c1cccc(Cl)c1. The summed E-state index contributed by atoms with van der Waals surface area (Å²) < 4.78 is 0. The Kier molecular flexibility index (Phi) is 6.00. The van der Waals surface area contributed by atoms with Crippen molar-refractivity contribution in [1.29, 1.82) is 0 Å². The summed E-state index contributed by atoms with van der Waals surface area (Å²) >= 11 is 6.19. The Hall–Kier alpha value is -1.27. The molecule has 0 saturated heterocycles. The van der Waals surface area contributed by atoms with E-state index in [1.807, 2.05) is 18.2 Å². The molecule has 1 aromatic carbocycles. The van der Waals surface area contributed by atoms with E-state index in [2.05, 4.69) is 40.2 Å². The summed E-state index contributed by atoms with van der Waals surface area (Å²) in [7, 11) is 1.65. The van der Waals surface area contributed by atoms with Gasteiger partial charge in [-0.3, -0.25) is 0 Å². The van der Waals surface area contributed by atoms with Crippen LogP contribution in [0.1, 0.15) is 37.9 Å². The van der Waals surface area contributed by atoms with Crippen LogP contribution in [-0.4, -0.2) is 37.2 Å². The molecule has 3 rings (SSSR count). The second-order valence-corrected chi connectivity index (χ2v) is 6.98. The molecule has 0 radical (unpaired) electrons. The predicted molar refractivity (Wildman–Crippen MR) is 97.4 cm³/mol. The van der Waals surface area contributed by atoms with Gasteiger partial charge in [-0.15, -0.1) is 0 Å². The van der Waals surface area contributed by atoms with Gasteiger partial charge in [-0.2, -0.15) is 0 Å². The first-order valence-corrected chi connectivity index (χ1v) is 9.06. The zero-order chi connectivity index (χ0) is 16.9. The summed E-state index contributed by atoms with van der Waals surface area (Å²) in [6, 6.07) is 9.11. The molecule has 2 atom stereocenters. The predicted octanol–water partition coefficient (Wildman–Crippen LogP) is 2.77. The van der Waals surface area contributed by atoms with E-state index in [4.69, 9.17) is 16.4 Å². The maximum absolute atomic E-state index is 6.19. The average molecular weight is 351 g/mol. The van der Waals surface area contributed by atoms with Crippen molar-refractivity contribution in [3.8, 4) is 0 Å². The Balaban J connectivity index is 1.68. The van der Waals surface area contributed by atoms with Crippen LogP contribution in [0.15, 0.2) is 36.2 Å². The average Bonchev–Trinajstić information content (AvgIpc) is 3.27. The van der Waals surface area contributed by atoms with Crippen molar-refractivity contribution < 1.29 is 4.84 Å². The Labute approximate surface area is 149 Å². The minimum atomic E-state index is 0.129. The number of halogens is 1. The fraction of sp³-hybridized carbons (Fsp3) is 0.556. The number of hydrogen-bond donors (Lipinski definition) is 3. The Morgan fingerprint density at radius 1 is 1.42 bits per heavy atom. The van der Waals surface area contributed by atoms with Gasteiger partial charge >= 0.3 is 0 Å². The standard InChI is InChI=1S/C18H27ClN4O/c1-13(21-16-7-8-16)17-12-23(10-4-9-20-24-2)18(22-17)14-5-3-6-15(19)11-14/h3,5-6,11-13,16,18,20-22H,4,7-10H2,1-2H3. The summed E-state index contributed by atoms with van der Waals surface area (Å²) in [6.45, 7) is 4.00. The minimum absolute atomic E-state index is 0.129. The van der Waals surface area contributed by atoms with Crippen LogP contribution in [0.2, 0.25) is 5.02 Å². The van der Waals surface area contributed by atoms with Crippen LogP contribution in [-0.2, 0) is 4.84 Å². The summed E-state index contributed by atoms with van der Waals surface area (Å²) in [5, 5.41) is 8.10. The van der Waals surface area contributed by atoms with Crippen LogP contribution in [0.25, 0.3) is 0 Å². The van der Waals surface area contributed by atoms with Gasteiger partial charge in [-0.25, -0.2) is 5.48 Å². The van der Waals surface area contributed by atoms with Crippen molar-refractivity contribution in [2.24, 2.45) is 0 Å². The lowest BCUT2D eigenvalue weighted by Gasteiger charge is -2.26. The molecule has 1 aliphatic heterocycles. The molecule has 1 saturated carbocycles.